The zero-order chi connectivity index (χ0) is 15.2. The second-order valence-corrected chi connectivity index (χ2v) is 6.73. The van der Waals surface area contributed by atoms with Gasteiger partial charge in [-0.2, -0.15) is 0 Å². The first kappa shape index (κ1) is 13.1. The lowest BCUT2D eigenvalue weighted by molar-refractivity contribution is 0.721. The number of hydrogen-bond acceptors (Lipinski definition) is 1. The first-order valence-electron chi connectivity index (χ1n) is 8.67. The summed E-state index contributed by atoms with van der Waals surface area (Å²) in [6.45, 7) is 0.918. The molecule has 5 rings (SSSR count). The molecule has 0 amide bonds. The predicted molar refractivity (Wildman–Crippen MR) is 95.4 cm³/mol. The van der Waals surface area contributed by atoms with Crippen LogP contribution in [-0.2, 0) is 6.54 Å². The van der Waals surface area contributed by atoms with Crippen LogP contribution in [0.5, 0.6) is 0 Å². The summed E-state index contributed by atoms with van der Waals surface area (Å²) in [5.41, 5.74) is 6.61. The Kier molecular flexibility index (Phi) is 2.90. The van der Waals surface area contributed by atoms with E-state index in [0.717, 1.165) is 23.8 Å². The monoisotopic (exact) mass is 300 g/mol. The number of rotatable bonds is 2. The van der Waals surface area contributed by atoms with Crippen molar-refractivity contribution in [3.63, 3.8) is 0 Å². The largest absolute Gasteiger partial charge is 0.320 e. The Bertz CT molecular complexity index is 896. The minimum atomic E-state index is 0.737. The molecule has 2 aliphatic rings. The zero-order valence-electron chi connectivity index (χ0n) is 13.2. The summed E-state index contributed by atoms with van der Waals surface area (Å²) in [6, 6.07) is 15.1. The van der Waals surface area contributed by atoms with Crippen molar-refractivity contribution in [2.75, 3.05) is 0 Å². The van der Waals surface area contributed by atoms with Crippen LogP contribution in [0, 0.1) is 0 Å². The normalized spacial score (nSPS) is 17.2. The van der Waals surface area contributed by atoms with Gasteiger partial charge in [0.05, 0.1) is 11.0 Å². The molecule has 0 bridgehead atoms. The number of hydrogen-bond donors (Lipinski definition) is 0. The van der Waals surface area contributed by atoms with Crippen molar-refractivity contribution in [2.45, 2.75) is 38.1 Å². The molecule has 2 nitrogen and oxygen atoms in total. The van der Waals surface area contributed by atoms with Crippen LogP contribution < -0.4 is 0 Å². The van der Waals surface area contributed by atoms with E-state index in [0.29, 0.717) is 0 Å². The molecule has 0 radical (unpaired) electrons. The molecule has 0 spiro atoms. The number of nitrogens with zero attached hydrogens (tertiary/aromatic N) is 2. The van der Waals surface area contributed by atoms with E-state index in [1.165, 1.54) is 47.9 Å². The fourth-order valence-corrected chi connectivity index (χ4v) is 4.30. The molecular weight excluding hydrogens is 280 g/mol. The van der Waals surface area contributed by atoms with Gasteiger partial charge < -0.3 is 4.57 Å². The second kappa shape index (κ2) is 5.09. The Labute approximate surface area is 136 Å². The molecule has 3 aromatic rings. The summed E-state index contributed by atoms with van der Waals surface area (Å²) in [5.74, 6) is 1.83. The highest BCUT2D eigenvalue weighted by molar-refractivity contribution is 5.91. The van der Waals surface area contributed by atoms with Crippen molar-refractivity contribution in [2.24, 2.45) is 0 Å². The van der Waals surface area contributed by atoms with Crippen molar-refractivity contribution in [3.8, 4) is 11.4 Å². The first-order valence-corrected chi connectivity index (χ1v) is 8.67. The number of imidazole rings is 1. The molecule has 114 valence electrons. The summed E-state index contributed by atoms with van der Waals surface area (Å²) in [7, 11) is 0. The van der Waals surface area contributed by atoms with Crippen LogP contribution in [0.3, 0.4) is 0 Å². The van der Waals surface area contributed by atoms with E-state index in [1.54, 1.807) is 0 Å². The van der Waals surface area contributed by atoms with E-state index >= 15 is 0 Å². The summed E-state index contributed by atoms with van der Waals surface area (Å²) >= 11 is 0. The maximum atomic E-state index is 4.95. The molecular formula is C21H20N2. The molecule has 23 heavy (non-hydrogen) atoms. The molecule has 0 atom stereocenters. The number of allylic oxidation sites excluding steroid dienone is 1. The molecule has 0 unspecified atom stereocenters. The van der Waals surface area contributed by atoms with Gasteiger partial charge in [-0.05, 0) is 30.4 Å². The Morgan fingerprint density at radius 3 is 2.61 bits per heavy atom. The molecule has 2 aromatic carbocycles. The minimum Gasteiger partial charge on any atom is -0.320 e. The van der Waals surface area contributed by atoms with E-state index in [4.69, 9.17) is 4.98 Å². The van der Waals surface area contributed by atoms with Crippen molar-refractivity contribution in [1.29, 1.82) is 0 Å². The van der Waals surface area contributed by atoms with Gasteiger partial charge in [0, 0.05) is 17.7 Å². The van der Waals surface area contributed by atoms with E-state index in [-0.39, 0.29) is 0 Å². The molecule has 1 aliphatic heterocycles. The average molecular weight is 300 g/mol. The van der Waals surface area contributed by atoms with Crippen molar-refractivity contribution >= 4 is 17.1 Å². The lowest BCUT2D eigenvalue weighted by Crippen LogP contribution is -2.05. The van der Waals surface area contributed by atoms with Gasteiger partial charge in [0.15, 0.2) is 0 Å². The number of aromatic nitrogens is 2. The van der Waals surface area contributed by atoms with Crippen LogP contribution in [0.2, 0.25) is 0 Å². The Morgan fingerprint density at radius 1 is 0.957 bits per heavy atom. The van der Waals surface area contributed by atoms with Gasteiger partial charge >= 0.3 is 0 Å². The standard InChI is InChI=1S/C21H20N2/c1-2-9-16(10-3-1)21-22-19-13-12-17(15-7-4-5-8-15)18-11-6-14-23(21)20(18)19/h1-3,6,9-13,15H,4-5,7-8,14H2. The van der Waals surface area contributed by atoms with Gasteiger partial charge in [0.1, 0.15) is 5.82 Å². The smallest absolute Gasteiger partial charge is 0.141 e. The van der Waals surface area contributed by atoms with E-state index in [2.05, 4.69) is 59.2 Å². The van der Waals surface area contributed by atoms with Gasteiger partial charge in [0.2, 0.25) is 0 Å². The lowest BCUT2D eigenvalue weighted by Gasteiger charge is -2.18. The lowest BCUT2D eigenvalue weighted by atomic mass is 9.91. The van der Waals surface area contributed by atoms with Gasteiger partial charge in [-0.25, -0.2) is 4.98 Å². The molecule has 1 aliphatic carbocycles. The van der Waals surface area contributed by atoms with E-state index in [9.17, 15) is 0 Å². The van der Waals surface area contributed by atoms with Crippen LogP contribution in [0.15, 0.2) is 48.5 Å². The van der Waals surface area contributed by atoms with E-state index < -0.39 is 0 Å². The van der Waals surface area contributed by atoms with Crippen molar-refractivity contribution < 1.29 is 0 Å². The summed E-state index contributed by atoms with van der Waals surface area (Å²) < 4.78 is 2.39. The van der Waals surface area contributed by atoms with Crippen molar-refractivity contribution in [1.82, 2.24) is 9.55 Å². The predicted octanol–water partition coefficient (Wildman–Crippen LogP) is 5.39. The van der Waals surface area contributed by atoms with Gasteiger partial charge in [-0.15, -0.1) is 0 Å². The SMILES string of the molecule is C1=Cc2c(C3CCCC3)ccc3nc(-c4ccccc4)n(c23)C1. The fraction of sp³-hybridized carbons (Fsp3) is 0.286. The zero-order valence-corrected chi connectivity index (χ0v) is 13.2. The molecule has 1 saturated carbocycles. The second-order valence-electron chi connectivity index (χ2n) is 6.73. The Morgan fingerprint density at radius 2 is 1.78 bits per heavy atom. The molecule has 1 fully saturated rings. The number of benzene rings is 2. The topological polar surface area (TPSA) is 17.8 Å². The third-order valence-electron chi connectivity index (χ3n) is 5.38. The average Bonchev–Trinajstić information content (AvgIpc) is 3.26. The molecule has 0 N–H and O–H groups in total. The Balaban J connectivity index is 1.76. The highest BCUT2D eigenvalue weighted by atomic mass is 15.1. The molecule has 0 saturated heterocycles. The van der Waals surface area contributed by atoms with Crippen LogP contribution in [0.25, 0.3) is 28.5 Å². The maximum absolute atomic E-state index is 4.95. The quantitative estimate of drug-likeness (QED) is 0.620. The summed E-state index contributed by atoms with van der Waals surface area (Å²) in [5, 5.41) is 0. The van der Waals surface area contributed by atoms with Gasteiger partial charge in [-0.3, -0.25) is 0 Å². The molecule has 2 heterocycles. The van der Waals surface area contributed by atoms with Crippen molar-refractivity contribution in [3.05, 3.63) is 59.7 Å². The summed E-state index contributed by atoms with van der Waals surface area (Å²) in [4.78, 5) is 4.95. The van der Waals surface area contributed by atoms with Crippen LogP contribution in [0.4, 0.5) is 0 Å². The van der Waals surface area contributed by atoms with Gasteiger partial charge in [-0.1, -0.05) is 61.4 Å². The maximum Gasteiger partial charge on any atom is 0.141 e. The fourth-order valence-electron chi connectivity index (χ4n) is 4.30. The molecule has 2 heteroatoms. The Hall–Kier alpha value is -2.35. The van der Waals surface area contributed by atoms with Gasteiger partial charge in [0.25, 0.3) is 0 Å². The molecule has 1 aromatic heterocycles. The van der Waals surface area contributed by atoms with Crippen LogP contribution >= 0.6 is 0 Å². The third-order valence-corrected chi connectivity index (χ3v) is 5.38. The first-order chi connectivity index (χ1) is 11.4. The van der Waals surface area contributed by atoms with Crippen LogP contribution in [0.1, 0.15) is 42.7 Å². The van der Waals surface area contributed by atoms with E-state index in [1.807, 2.05) is 0 Å². The highest BCUT2D eigenvalue weighted by Gasteiger charge is 2.24. The highest BCUT2D eigenvalue weighted by Crippen LogP contribution is 2.40. The minimum absolute atomic E-state index is 0.737. The van der Waals surface area contributed by atoms with Crippen LogP contribution in [-0.4, -0.2) is 9.55 Å². The summed E-state index contributed by atoms with van der Waals surface area (Å²) in [6.07, 6.45) is 10.0. The third kappa shape index (κ3) is 1.98.